The number of nitrogens with zero attached hydrogens (tertiary/aromatic N) is 1. The zero-order valence-electron chi connectivity index (χ0n) is 10.6. The zero-order chi connectivity index (χ0) is 14.2. The lowest BCUT2D eigenvalue weighted by Gasteiger charge is -2.16. The van der Waals surface area contributed by atoms with Crippen LogP contribution in [0.2, 0.25) is 0 Å². The van der Waals surface area contributed by atoms with Crippen LogP contribution in [0.15, 0.2) is 24.3 Å². The molecule has 0 atom stereocenters. The monoisotopic (exact) mass is 259 g/mol. The molecule has 1 amide bonds. The van der Waals surface area contributed by atoms with Crippen LogP contribution in [0, 0.1) is 13.8 Å². The Kier molecular flexibility index (Phi) is 3.21. The molecular formula is C14H13NO4. The number of aryl methyl sites for hydroxylation is 2. The largest absolute Gasteiger partial charge is 0.478 e. The Labute approximate surface area is 110 Å². The third kappa shape index (κ3) is 2.27. The van der Waals surface area contributed by atoms with Crippen LogP contribution in [0.5, 0.6) is 0 Å². The molecular weight excluding hydrogens is 246 g/mol. The number of ketones is 1. The van der Waals surface area contributed by atoms with Gasteiger partial charge in [-0.2, -0.15) is 0 Å². The van der Waals surface area contributed by atoms with E-state index in [9.17, 15) is 14.4 Å². The summed E-state index contributed by atoms with van der Waals surface area (Å²) in [5, 5.41) is 8.53. The first-order valence-corrected chi connectivity index (χ1v) is 5.78. The van der Waals surface area contributed by atoms with Gasteiger partial charge in [-0.25, -0.2) is 4.79 Å². The summed E-state index contributed by atoms with van der Waals surface area (Å²) in [7, 11) is 0. The number of carboxylic acids is 1. The molecule has 5 nitrogen and oxygen atoms in total. The summed E-state index contributed by atoms with van der Waals surface area (Å²) in [6, 6.07) is 3.57. The van der Waals surface area contributed by atoms with E-state index in [2.05, 4.69) is 0 Å². The molecule has 19 heavy (non-hydrogen) atoms. The predicted molar refractivity (Wildman–Crippen MR) is 69.4 cm³/mol. The average molecular weight is 259 g/mol. The molecule has 0 saturated carbocycles. The molecule has 1 aromatic rings. The predicted octanol–water partition coefficient (Wildman–Crippen LogP) is 1.47. The quantitative estimate of drug-likeness (QED) is 0.659. The molecule has 0 saturated heterocycles. The number of benzene rings is 1. The van der Waals surface area contributed by atoms with Crippen molar-refractivity contribution in [3.63, 3.8) is 0 Å². The highest BCUT2D eigenvalue weighted by Crippen LogP contribution is 2.33. The van der Waals surface area contributed by atoms with Crippen molar-refractivity contribution in [2.75, 3.05) is 11.4 Å². The highest BCUT2D eigenvalue weighted by Gasteiger charge is 2.36. The van der Waals surface area contributed by atoms with Gasteiger partial charge in [0.05, 0.1) is 11.3 Å². The summed E-state index contributed by atoms with van der Waals surface area (Å²) in [5.41, 5.74) is 2.72. The number of hydrogen-bond donors (Lipinski definition) is 1. The van der Waals surface area contributed by atoms with Crippen molar-refractivity contribution in [1.82, 2.24) is 0 Å². The van der Waals surface area contributed by atoms with Crippen LogP contribution in [-0.2, 0) is 9.59 Å². The average Bonchev–Trinajstić information content (AvgIpc) is 2.54. The lowest BCUT2D eigenvalue weighted by atomic mass is 10.0. The third-order valence-corrected chi connectivity index (χ3v) is 2.95. The summed E-state index contributed by atoms with van der Waals surface area (Å²) >= 11 is 0. The number of Topliss-reactive ketones (excluding diaryl/α,β-unsaturated/α-hetero) is 1. The van der Waals surface area contributed by atoms with Crippen molar-refractivity contribution in [2.45, 2.75) is 13.8 Å². The Hall–Kier alpha value is -2.43. The smallest absolute Gasteiger partial charge is 0.328 e. The molecule has 0 fully saturated rings. The van der Waals surface area contributed by atoms with Gasteiger partial charge in [0.1, 0.15) is 0 Å². The first-order valence-electron chi connectivity index (χ1n) is 5.78. The molecule has 0 radical (unpaired) electrons. The van der Waals surface area contributed by atoms with Crippen molar-refractivity contribution < 1.29 is 19.5 Å². The molecule has 5 heteroatoms. The fourth-order valence-electron chi connectivity index (χ4n) is 2.26. The lowest BCUT2D eigenvalue weighted by molar-refractivity contribution is -0.131. The van der Waals surface area contributed by atoms with E-state index in [-0.39, 0.29) is 6.54 Å². The van der Waals surface area contributed by atoms with E-state index in [0.717, 1.165) is 17.2 Å². The van der Waals surface area contributed by atoms with Gasteiger partial charge in [0.2, 0.25) is 0 Å². The lowest BCUT2D eigenvalue weighted by Crippen LogP contribution is -2.30. The normalized spacial score (nSPS) is 14.3. The van der Waals surface area contributed by atoms with Crippen LogP contribution in [0.4, 0.5) is 5.69 Å². The van der Waals surface area contributed by atoms with Gasteiger partial charge in [-0.3, -0.25) is 9.59 Å². The second-order valence-electron chi connectivity index (χ2n) is 4.46. The van der Waals surface area contributed by atoms with E-state index >= 15 is 0 Å². The minimum absolute atomic E-state index is 0.0772. The summed E-state index contributed by atoms with van der Waals surface area (Å²) in [5.74, 6) is -2.23. The van der Waals surface area contributed by atoms with Gasteiger partial charge in [0.15, 0.2) is 0 Å². The van der Waals surface area contributed by atoms with Gasteiger partial charge in [-0.1, -0.05) is 12.1 Å². The van der Waals surface area contributed by atoms with E-state index in [1.807, 2.05) is 19.9 Å². The first kappa shape index (κ1) is 13.0. The minimum atomic E-state index is -1.08. The minimum Gasteiger partial charge on any atom is -0.478 e. The van der Waals surface area contributed by atoms with Gasteiger partial charge in [0, 0.05) is 12.6 Å². The maximum Gasteiger partial charge on any atom is 0.328 e. The highest BCUT2D eigenvalue weighted by atomic mass is 16.4. The summed E-state index contributed by atoms with van der Waals surface area (Å²) < 4.78 is 0. The molecule has 0 bridgehead atoms. The highest BCUT2D eigenvalue weighted by molar-refractivity contribution is 6.52. The van der Waals surface area contributed by atoms with Crippen molar-refractivity contribution in [3.05, 3.63) is 41.0 Å². The molecule has 1 aliphatic rings. The number of fused-ring (bicyclic) bond motifs is 1. The molecule has 2 rings (SSSR count). The first-order chi connectivity index (χ1) is 8.91. The summed E-state index contributed by atoms with van der Waals surface area (Å²) in [4.78, 5) is 35.5. The fourth-order valence-corrected chi connectivity index (χ4v) is 2.26. The van der Waals surface area contributed by atoms with E-state index in [4.69, 9.17) is 5.11 Å². The summed E-state index contributed by atoms with van der Waals surface area (Å²) in [6.07, 6.45) is 2.31. The second-order valence-corrected chi connectivity index (χ2v) is 4.46. The third-order valence-electron chi connectivity index (χ3n) is 2.95. The van der Waals surface area contributed by atoms with Gasteiger partial charge in [0.25, 0.3) is 11.7 Å². The topological polar surface area (TPSA) is 74.7 Å². The SMILES string of the molecule is Cc1cc(C)c2c(c1)C(=O)C(=O)N2CC=CC(=O)O. The Morgan fingerprint density at radius 1 is 1.32 bits per heavy atom. The van der Waals surface area contributed by atoms with E-state index in [0.29, 0.717) is 11.3 Å². The van der Waals surface area contributed by atoms with Crippen LogP contribution in [-0.4, -0.2) is 29.3 Å². The van der Waals surface area contributed by atoms with Gasteiger partial charge in [-0.05, 0) is 31.0 Å². The van der Waals surface area contributed by atoms with E-state index in [1.165, 1.54) is 11.0 Å². The van der Waals surface area contributed by atoms with E-state index in [1.54, 1.807) is 6.07 Å². The number of amides is 1. The van der Waals surface area contributed by atoms with Crippen molar-refractivity contribution in [3.8, 4) is 0 Å². The standard InChI is InChI=1S/C14H13NO4/c1-8-6-9(2)12-10(7-8)13(18)14(19)15(12)5-3-4-11(16)17/h3-4,6-7H,5H2,1-2H3,(H,16,17). The van der Waals surface area contributed by atoms with Crippen LogP contribution >= 0.6 is 0 Å². The van der Waals surface area contributed by atoms with Crippen LogP contribution in [0.3, 0.4) is 0 Å². The number of carbonyl (C=O) groups excluding carboxylic acids is 2. The van der Waals surface area contributed by atoms with Crippen molar-refractivity contribution >= 4 is 23.3 Å². The molecule has 98 valence electrons. The van der Waals surface area contributed by atoms with Crippen molar-refractivity contribution in [1.29, 1.82) is 0 Å². The molecule has 0 spiro atoms. The molecule has 1 heterocycles. The van der Waals surface area contributed by atoms with Gasteiger partial charge >= 0.3 is 5.97 Å². The number of hydrogen-bond acceptors (Lipinski definition) is 3. The maximum absolute atomic E-state index is 11.9. The number of rotatable bonds is 3. The van der Waals surface area contributed by atoms with Crippen LogP contribution in [0.25, 0.3) is 0 Å². The molecule has 1 aliphatic heterocycles. The van der Waals surface area contributed by atoms with Gasteiger partial charge < -0.3 is 10.0 Å². The Balaban J connectivity index is 2.41. The van der Waals surface area contributed by atoms with Crippen LogP contribution < -0.4 is 4.90 Å². The van der Waals surface area contributed by atoms with Crippen LogP contribution in [0.1, 0.15) is 21.5 Å². The Morgan fingerprint density at radius 3 is 2.63 bits per heavy atom. The number of carboxylic acid groups (broad SMARTS) is 1. The Bertz CT molecular complexity index is 616. The van der Waals surface area contributed by atoms with Gasteiger partial charge in [-0.15, -0.1) is 0 Å². The Morgan fingerprint density at radius 2 is 2.00 bits per heavy atom. The molecule has 1 aromatic carbocycles. The number of anilines is 1. The molecule has 1 N–H and O–H groups in total. The van der Waals surface area contributed by atoms with E-state index < -0.39 is 17.7 Å². The summed E-state index contributed by atoms with van der Waals surface area (Å²) in [6.45, 7) is 3.76. The maximum atomic E-state index is 11.9. The number of carbonyl (C=O) groups is 3. The molecule has 0 aliphatic carbocycles. The number of aliphatic carboxylic acids is 1. The zero-order valence-corrected chi connectivity index (χ0v) is 10.6. The molecule has 0 aromatic heterocycles. The fraction of sp³-hybridized carbons (Fsp3) is 0.214. The van der Waals surface area contributed by atoms with Crippen molar-refractivity contribution in [2.24, 2.45) is 0 Å². The molecule has 0 unspecified atom stereocenters. The second kappa shape index (κ2) is 4.68.